The predicted molar refractivity (Wildman–Crippen MR) is 57.3 cm³/mol. The van der Waals surface area contributed by atoms with Crippen molar-refractivity contribution in [3.05, 3.63) is 48.5 Å². The molecule has 3 nitrogen and oxygen atoms in total. The second-order valence-electron chi connectivity index (χ2n) is 3.18. The zero-order chi connectivity index (χ0) is 9.80. The quantitative estimate of drug-likeness (QED) is 0.796. The molecule has 2 aromatic rings. The number of aromatic nitrogens is 2. The number of imidazole rings is 1. The third-order valence-corrected chi connectivity index (χ3v) is 2.17. The highest BCUT2D eigenvalue weighted by molar-refractivity contribution is 5.43. The molecule has 2 rings (SSSR count). The highest BCUT2D eigenvalue weighted by Gasteiger charge is 1.94. The van der Waals surface area contributed by atoms with E-state index in [1.807, 2.05) is 24.1 Å². The summed E-state index contributed by atoms with van der Waals surface area (Å²) in [7, 11) is 1.92. The summed E-state index contributed by atoms with van der Waals surface area (Å²) in [5.74, 6) is 0. The van der Waals surface area contributed by atoms with Crippen molar-refractivity contribution in [2.45, 2.75) is 6.54 Å². The highest BCUT2D eigenvalue weighted by atomic mass is 15.0. The maximum absolute atomic E-state index is 4.00. The van der Waals surface area contributed by atoms with Crippen LogP contribution in [0.4, 0.5) is 5.69 Å². The summed E-state index contributed by atoms with van der Waals surface area (Å²) in [4.78, 5) is 4.00. The lowest BCUT2D eigenvalue weighted by Gasteiger charge is -2.04. The van der Waals surface area contributed by atoms with Gasteiger partial charge in [-0.3, -0.25) is 0 Å². The molecule has 3 heteroatoms. The Balaban J connectivity index is 2.10. The van der Waals surface area contributed by atoms with Gasteiger partial charge in [0.15, 0.2) is 0 Å². The SMILES string of the molecule is CNc1ccc(Cn2ccnc2)cc1. The molecule has 0 saturated carbocycles. The van der Waals surface area contributed by atoms with Crippen molar-refractivity contribution in [3.8, 4) is 0 Å². The van der Waals surface area contributed by atoms with Gasteiger partial charge < -0.3 is 9.88 Å². The molecule has 0 unspecified atom stereocenters. The van der Waals surface area contributed by atoms with E-state index < -0.39 is 0 Å². The van der Waals surface area contributed by atoms with E-state index in [-0.39, 0.29) is 0 Å². The fourth-order valence-corrected chi connectivity index (χ4v) is 1.37. The molecule has 0 radical (unpaired) electrons. The first kappa shape index (κ1) is 8.81. The van der Waals surface area contributed by atoms with E-state index in [0.29, 0.717) is 0 Å². The van der Waals surface area contributed by atoms with Gasteiger partial charge in [0.05, 0.1) is 6.33 Å². The summed E-state index contributed by atoms with van der Waals surface area (Å²) in [5, 5.41) is 3.09. The average molecular weight is 187 g/mol. The molecule has 1 N–H and O–H groups in total. The summed E-state index contributed by atoms with van der Waals surface area (Å²) in [6.45, 7) is 0.879. The van der Waals surface area contributed by atoms with E-state index in [2.05, 4.69) is 34.6 Å². The maximum Gasteiger partial charge on any atom is 0.0949 e. The van der Waals surface area contributed by atoms with E-state index in [1.165, 1.54) is 5.56 Å². The molecular weight excluding hydrogens is 174 g/mol. The van der Waals surface area contributed by atoms with Crippen molar-refractivity contribution >= 4 is 5.69 Å². The maximum atomic E-state index is 4.00. The number of anilines is 1. The lowest BCUT2D eigenvalue weighted by molar-refractivity contribution is 0.797. The first-order valence-electron chi connectivity index (χ1n) is 4.61. The monoisotopic (exact) mass is 187 g/mol. The van der Waals surface area contributed by atoms with Crippen LogP contribution in [0.5, 0.6) is 0 Å². The van der Waals surface area contributed by atoms with Crippen LogP contribution in [0.2, 0.25) is 0 Å². The van der Waals surface area contributed by atoms with Gasteiger partial charge in [-0.1, -0.05) is 12.1 Å². The number of benzene rings is 1. The molecule has 14 heavy (non-hydrogen) atoms. The summed E-state index contributed by atoms with van der Waals surface area (Å²) in [6, 6.07) is 8.39. The van der Waals surface area contributed by atoms with Gasteiger partial charge in [-0.2, -0.15) is 0 Å². The minimum Gasteiger partial charge on any atom is -0.388 e. The largest absolute Gasteiger partial charge is 0.388 e. The second kappa shape index (κ2) is 3.96. The molecule has 0 atom stereocenters. The van der Waals surface area contributed by atoms with Crippen molar-refractivity contribution < 1.29 is 0 Å². The Hall–Kier alpha value is -1.77. The third kappa shape index (κ3) is 1.93. The summed E-state index contributed by atoms with van der Waals surface area (Å²) in [5.41, 5.74) is 2.42. The van der Waals surface area contributed by atoms with Crippen LogP contribution in [0.15, 0.2) is 43.0 Å². The first-order chi connectivity index (χ1) is 6.88. The molecule has 1 heterocycles. The van der Waals surface area contributed by atoms with Crippen LogP contribution in [0.1, 0.15) is 5.56 Å². The Morgan fingerprint density at radius 3 is 2.64 bits per heavy atom. The van der Waals surface area contributed by atoms with E-state index in [4.69, 9.17) is 0 Å². The van der Waals surface area contributed by atoms with Gasteiger partial charge in [-0.25, -0.2) is 4.98 Å². The van der Waals surface area contributed by atoms with Crippen molar-refractivity contribution in [2.24, 2.45) is 0 Å². The molecule has 0 aliphatic rings. The molecule has 0 fully saturated rings. The summed E-state index contributed by atoms with van der Waals surface area (Å²) < 4.78 is 2.05. The molecule has 0 spiro atoms. The molecule has 1 aromatic heterocycles. The molecule has 0 amide bonds. The Labute approximate surface area is 83.4 Å². The first-order valence-corrected chi connectivity index (χ1v) is 4.61. The molecule has 0 aliphatic carbocycles. The van der Waals surface area contributed by atoms with Gasteiger partial charge in [-0.15, -0.1) is 0 Å². The number of rotatable bonds is 3. The normalized spacial score (nSPS) is 10.1. The Kier molecular flexibility index (Phi) is 2.49. The van der Waals surface area contributed by atoms with Crippen LogP contribution >= 0.6 is 0 Å². The fourth-order valence-electron chi connectivity index (χ4n) is 1.37. The number of hydrogen-bond donors (Lipinski definition) is 1. The summed E-state index contributed by atoms with van der Waals surface area (Å²) >= 11 is 0. The Morgan fingerprint density at radius 1 is 1.29 bits per heavy atom. The van der Waals surface area contributed by atoms with E-state index >= 15 is 0 Å². The Bertz CT molecular complexity index is 375. The standard InChI is InChI=1S/C11H13N3/c1-12-11-4-2-10(3-5-11)8-14-7-6-13-9-14/h2-7,9,12H,8H2,1H3. The molecule has 72 valence electrons. The van der Waals surface area contributed by atoms with Gasteiger partial charge in [0.1, 0.15) is 0 Å². The Morgan fingerprint density at radius 2 is 2.07 bits per heavy atom. The van der Waals surface area contributed by atoms with E-state index in [9.17, 15) is 0 Å². The van der Waals surface area contributed by atoms with Gasteiger partial charge in [0, 0.05) is 31.7 Å². The van der Waals surface area contributed by atoms with Crippen molar-refractivity contribution in [1.82, 2.24) is 9.55 Å². The lowest BCUT2D eigenvalue weighted by Crippen LogP contribution is -1.96. The minimum absolute atomic E-state index is 0.879. The molecular formula is C11H13N3. The van der Waals surface area contributed by atoms with Gasteiger partial charge in [-0.05, 0) is 17.7 Å². The van der Waals surface area contributed by atoms with Crippen LogP contribution in [-0.4, -0.2) is 16.6 Å². The molecule has 0 bridgehead atoms. The van der Waals surface area contributed by atoms with Gasteiger partial charge in [0.25, 0.3) is 0 Å². The second-order valence-corrected chi connectivity index (χ2v) is 3.18. The highest BCUT2D eigenvalue weighted by Crippen LogP contribution is 2.09. The van der Waals surface area contributed by atoms with Crippen LogP contribution in [0.3, 0.4) is 0 Å². The molecule has 1 aromatic carbocycles. The predicted octanol–water partition coefficient (Wildman–Crippen LogP) is 1.97. The van der Waals surface area contributed by atoms with Crippen LogP contribution in [-0.2, 0) is 6.54 Å². The fraction of sp³-hybridized carbons (Fsp3) is 0.182. The number of nitrogens with one attached hydrogen (secondary N) is 1. The van der Waals surface area contributed by atoms with Gasteiger partial charge >= 0.3 is 0 Å². The average Bonchev–Trinajstić information content (AvgIpc) is 2.72. The smallest absolute Gasteiger partial charge is 0.0949 e. The van der Waals surface area contributed by atoms with Crippen LogP contribution in [0.25, 0.3) is 0 Å². The van der Waals surface area contributed by atoms with Crippen molar-refractivity contribution in [1.29, 1.82) is 0 Å². The molecule has 0 aliphatic heterocycles. The van der Waals surface area contributed by atoms with Crippen molar-refractivity contribution in [2.75, 3.05) is 12.4 Å². The number of hydrogen-bond acceptors (Lipinski definition) is 2. The zero-order valence-corrected chi connectivity index (χ0v) is 8.14. The van der Waals surface area contributed by atoms with E-state index in [0.717, 1.165) is 12.2 Å². The van der Waals surface area contributed by atoms with E-state index in [1.54, 1.807) is 6.20 Å². The van der Waals surface area contributed by atoms with Gasteiger partial charge in [0.2, 0.25) is 0 Å². The third-order valence-electron chi connectivity index (χ3n) is 2.17. The van der Waals surface area contributed by atoms with Crippen LogP contribution < -0.4 is 5.32 Å². The lowest BCUT2D eigenvalue weighted by atomic mass is 10.2. The van der Waals surface area contributed by atoms with Crippen molar-refractivity contribution in [3.63, 3.8) is 0 Å². The van der Waals surface area contributed by atoms with Crippen LogP contribution in [0, 0.1) is 0 Å². The number of nitrogens with zero attached hydrogens (tertiary/aromatic N) is 2. The minimum atomic E-state index is 0.879. The zero-order valence-electron chi connectivity index (χ0n) is 8.14. The molecule has 0 saturated heterocycles. The summed E-state index contributed by atoms with van der Waals surface area (Å²) in [6.07, 6.45) is 5.58. The topological polar surface area (TPSA) is 29.9 Å².